The number of pyridine rings is 1. The maximum Gasteiger partial charge on any atom is 0.416 e. The molecule has 76 heavy (non-hydrogen) atoms. The summed E-state index contributed by atoms with van der Waals surface area (Å²) < 4.78 is 63.0. The highest BCUT2D eigenvalue weighted by molar-refractivity contribution is 5.93. The van der Waals surface area contributed by atoms with Gasteiger partial charge >= 0.3 is 6.18 Å². The summed E-state index contributed by atoms with van der Waals surface area (Å²) in [6.07, 6.45) is 3.06. The quantitative estimate of drug-likeness (QED) is 0.0387. The number of nitrogens with one attached hydrogen (secondary N) is 5. The van der Waals surface area contributed by atoms with Crippen LogP contribution in [-0.2, 0) is 44.3 Å². The van der Waals surface area contributed by atoms with Crippen LogP contribution in [-0.4, -0.2) is 177 Å². The molecular formula is C52H70F3N11O10. The van der Waals surface area contributed by atoms with Crippen LogP contribution in [0.3, 0.4) is 0 Å². The predicted octanol–water partition coefficient (Wildman–Crippen LogP) is 3.10. The Bertz CT molecular complexity index is 2660. The number of anilines is 3. The third-order valence-electron chi connectivity index (χ3n) is 14.4. The van der Waals surface area contributed by atoms with Crippen LogP contribution in [0.1, 0.15) is 76.0 Å². The molecule has 0 radical (unpaired) electrons. The second-order valence-electron chi connectivity index (χ2n) is 19.6. The molecule has 4 aromatic rings. The van der Waals surface area contributed by atoms with Gasteiger partial charge in [-0.25, -0.2) is 9.97 Å². The number of carbonyl (C=O) groups is 4. The van der Waals surface area contributed by atoms with Crippen LogP contribution in [0.15, 0.2) is 58.6 Å². The number of hydrogen-bond acceptors (Lipinski definition) is 17. The molecule has 3 aliphatic rings. The van der Waals surface area contributed by atoms with Crippen LogP contribution in [0.25, 0.3) is 10.9 Å². The van der Waals surface area contributed by atoms with E-state index < -0.39 is 34.6 Å². The van der Waals surface area contributed by atoms with E-state index >= 15 is 0 Å². The topological polar surface area (TPSA) is 248 Å². The van der Waals surface area contributed by atoms with E-state index in [1.54, 1.807) is 35.3 Å². The maximum absolute atomic E-state index is 14.0. The third-order valence-corrected chi connectivity index (χ3v) is 14.4. The average Bonchev–Trinajstić information content (AvgIpc) is 3.92. The zero-order chi connectivity index (χ0) is 54.4. The lowest BCUT2D eigenvalue weighted by Crippen LogP contribution is -2.58. The predicted molar refractivity (Wildman–Crippen MR) is 276 cm³/mol. The van der Waals surface area contributed by atoms with Gasteiger partial charge in [0, 0.05) is 75.9 Å². The monoisotopic (exact) mass is 1070 g/mol. The lowest BCUT2D eigenvalue weighted by Gasteiger charge is -2.44. The standard InChI is InChI=1S/C52H70F3N11O10/c1-32(2)64(3)35-10-12-41(66-18-13-39(51(66)72)63-49-36-27-34(52(53,54)55)9-11-38(36)60-31-61-49)40(28-35)62-42(67)8-6-15-57-44-45(48(70)47(44)69)58-16-19-73-21-23-75-25-26-76-24-22-74-20-17-59-50(71)37-29-43(68)65(4)46(37)33-7-5-14-56-30-33/h5,7,9,11,14,27,30-32,35,37,39-41,46,57-58H,6,8,10,12-13,15-26,28-29H2,1-4H3,(H,59,71)(H,62,67)(H,60,61,63)/t35-,37+,39+,40-,41+,46-/m1/s1. The highest BCUT2D eigenvalue weighted by atomic mass is 19.4. The molecule has 4 amide bonds. The molecule has 2 aliphatic heterocycles. The van der Waals surface area contributed by atoms with Gasteiger partial charge in [0.2, 0.25) is 23.6 Å². The van der Waals surface area contributed by atoms with Gasteiger partial charge in [0.25, 0.3) is 10.9 Å². The highest BCUT2D eigenvalue weighted by Gasteiger charge is 2.44. The first-order valence-corrected chi connectivity index (χ1v) is 26.0. The Morgan fingerprint density at radius 2 is 1.53 bits per heavy atom. The summed E-state index contributed by atoms with van der Waals surface area (Å²) in [6, 6.07) is 5.50. The number of rotatable bonds is 29. The van der Waals surface area contributed by atoms with Crippen molar-refractivity contribution in [2.24, 2.45) is 5.92 Å². The molecule has 1 aliphatic carbocycles. The second-order valence-corrected chi connectivity index (χ2v) is 19.6. The third kappa shape index (κ3) is 14.8. The molecule has 414 valence electrons. The van der Waals surface area contributed by atoms with Gasteiger partial charge in [-0.1, -0.05) is 6.07 Å². The highest BCUT2D eigenvalue weighted by Crippen LogP contribution is 2.37. The van der Waals surface area contributed by atoms with E-state index in [0.717, 1.165) is 24.1 Å². The van der Waals surface area contributed by atoms with Crippen molar-refractivity contribution in [3.63, 3.8) is 0 Å². The number of likely N-dealkylation sites (tertiary alicyclic amines) is 2. The summed E-state index contributed by atoms with van der Waals surface area (Å²) in [5.74, 6) is -1.11. The normalized spacial score (nSPS) is 21.1. The zero-order valence-corrected chi connectivity index (χ0v) is 43.5. The molecule has 2 saturated heterocycles. The Balaban J connectivity index is 0.747. The summed E-state index contributed by atoms with van der Waals surface area (Å²) >= 11 is 0. The molecule has 21 nitrogen and oxygen atoms in total. The molecule has 5 N–H and O–H groups in total. The SMILES string of the molecule is CC(C)N(C)[C@@H]1CC[C@H](N2CC[C@H](Nc3ncnc4ccc(C(F)(F)F)cc34)C2=O)[C@H](NC(=O)CCCNc2c(NCCOCCOCCOCCOCCNC(=O)[C@H]3CC(=O)N(C)[C@@H]3c3cccnc3)c(=O)c2=O)C1. The minimum absolute atomic E-state index is 0.0901. The van der Waals surface area contributed by atoms with Gasteiger partial charge in [0.15, 0.2) is 0 Å². The molecule has 2 aromatic heterocycles. The Hall–Kier alpha value is -6.34. The van der Waals surface area contributed by atoms with Crippen LogP contribution >= 0.6 is 0 Å². The number of hydrogen-bond donors (Lipinski definition) is 5. The molecule has 24 heteroatoms. The fourth-order valence-corrected chi connectivity index (χ4v) is 10.1. The maximum atomic E-state index is 14.0. The first-order chi connectivity index (χ1) is 36.5. The molecule has 0 unspecified atom stereocenters. The molecule has 0 spiro atoms. The number of alkyl halides is 3. The van der Waals surface area contributed by atoms with Crippen molar-refractivity contribution in [3.8, 4) is 0 Å². The van der Waals surface area contributed by atoms with Crippen molar-refractivity contribution in [3.05, 3.63) is 80.6 Å². The van der Waals surface area contributed by atoms with Crippen molar-refractivity contribution >= 4 is 51.7 Å². The summed E-state index contributed by atoms with van der Waals surface area (Å²) in [5, 5.41) is 15.3. The van der Waals surface area contributed by atoms with E-state index in [0.29, 0.717) is 90.5 Å². The molecule has 2 aromatic carbocycles. The molecule has 7 rings (SSSR count). The van der Waals surface area contributed by atoms with E-state index in [-0.39, 0.29) is 109 Å². The Labute approximate surface area is 439 Å². The van der Waals surface area contributed by atoms with E-state index in [1.807, 2.05) is 13.1 Å². The number of halogens is 3. The molecule has 0 bridgehead atoms. The number of ether oxygens (including phenoxy) is 4. The first-order valence-electron chi connectivity index (χ1n) is 26.0. The van der Waals surface area contributed by atoms with E-state index in [4.69, 9.17) is 18.9 Å². The second kappa shape index (κ2) is 27.1. The number of benzene rings is 1. The summed E-state index contributed by atoms with van der Waals surface area (Å²) in [5.41, 5.74) is -0.679. The van der Waals surface area contributed by atoms with Crippen LogP contribution in [0, 0.1) is 5.92 Å². The minimum Gasteiger partial charge on any atom is -0.380 e. The van der Waals surface area contributed by atoms with Crippen molar-refractivity contribution in [1.82, 2.24) is 40.3 Å². The fraction of sp³-hybridized carbons (Fsp3) is 0.596. The van der Waals surface area contributed by atoms with Crippen LogP contribution in [0.2, 0.25) is 0 Å². The lowest BCUT2D eigenvalue weighted by atomic mass is 9.84. The van der Waals surface area contributed by atoms with E-state index in [9.17, 15) is 41.9 Å². The smallest absolute Gasteiger partial charge is 0.380 e. The van der Waals surface area contributed by atoms with E-state index in [2.05, 4.69) is 60.3 Å². The van der Waals surface area contributed by atoms with Gasteiger partial charge < -0.3 is 60.2 Å². The summed E-state index contributed by atoms with van der Waals surface area (Å²) in [4.78, 5) is 95.6. The van der Waals surface area contributed by atoms with Crippen molar-refractivity contribution in [1.29, 1.82) is 0 Å². The van der Waals surface area contributed by atoms with Crippen molar-refractivity contribution < 1.29 is 51.3 Å². The fourth-order valence-electron chi connectivity index (χ4n) is 10.1. The molecule has 4 heterocycles. The Morgan fingerprint density at radius 3 is 2.18 bits per heavy atom. The van der Waals surface area contributed by atoms with Crippen LogP contribution in [0.4, 0.5) is 30.4 Å². The number of nitrogens with zero attached hydrogens (tertiary/aromatic N) is 6. The van der Waals surface area contributed by atoms with Gasteiger partial charge in [-0.3, -0.25) is 33.8 Å². The largest absolute Gasteiger partial charge is 0.416 e. The van der Waals surface area contributed by atoms with Crippen LogP contribution in [0.5, 0.6) is 0 Å². The molecule has 6 atom stereocenters. The van der Waals surface area contributed by atoms with Crippen molar-refractivity contribution in [2.75, 3.05) is 109 Å². The molecule has 1 saturated carbocycles. The van der Waals surface area contributed by atoms with Gasteiger partial charge in [-0.15, -0.1) is 0 Å². The number of fused-ring (bicyclic) bond motifs is 1. The number of carbonyl (C=O) groups excluding carboxylic acids is 4. The molecular weight excluding hydrogens is 996 g/mol. The minimum atomic E-state index is -4.57. The van der Waals surface area contributed by atoms with Gasteiger partial charge in [0.1, 0.15) is 29.6 Å². The zero-order valence-electron chi connectivity index (χ0n) is 43.5. The number of aromatic nitrogens is 3. The van der Waals surface area contributed by atoms with Crippen molar-refractivity contribution in [2.45, 2.75) is 101 Å². The average molecular weight is 1070 g/mol. The lowest BCUT2D eigenvalue weighted by molar-refractivity contribution is -0.137. The molecule has 3 fully saturated rings. The Kier molecular flexibility index (Phi) is 20.5. The first kappa shape index (κ1) is 57.4. The van der Waals surface area contributed by atoms with Gasteiger partial charge in [-0.05, 0) is 82.8 Å². The van der Waals surface area contributed by atoms with E-state index in [1.165, 1.54) is 12.4 Å². The van der Waals surface area contributed by atoms with Crippen LogP contribution < -0.4 is 37.4 Å². The Morgan fingerprint density at radius 1 is 0.855 bits per heavy atom. The van der Waals surface area contributed by atoms with Gasteiger partial charge in [-0.2, -0.15) is 13.2 Å². The van der Waals surface area contributed by atoms with Gasteiger partial charge in [0.05, 0.1) is 88.0 Å². The summed E-state index contributed by atoms with van der Waals surface area (Å²) in [6.45, 7) is 7.92. The summed E-state index contributed by atoms with van der Waals surface area (Å²) in [7, 11) is 3.74. The number of amides is 4.